The summed E-state index contributed by atoms with van der Waals surface area (Å²) in [7, 11) is 0. The van der Waals surface area contributed by atoms with Crippen molar-refractivity contribution < 1.29 is 14.6 Å². The Balaban J connectivity index is 1.33. The second kappa shape index (κ2) is 9.46. The van der Waals surface area contributed by atoms with Crippen molar-refractivity contribution in [2.24, 2.45) is 46.3 Å². The molecule has 0 aromatic carbocycles. The molecule has 4 heteroatoms. The number of aliphatic hydroxyl groups is 1. The molecular weight excluding hydrogens is 434 g/mol. The molecule has 0 aromatic rings. The van der Waals surface area contributed by atoms with Crippen LogP contribution >= 0.6 is 0 Å². The van der Waals surface area contributed by atoms with Gasteiger partial charge < -0.3 is 15.2 Å². The largest absolute Gasteiger partial charge is 0.463 e. The number of rotatable bonds is 3. The fraction of sp³-hybridized carbons (Fsp3) is 0.903. The quantitative estimate of drug-likeness (QED) is 0.365. The van der Waals surface area contributed by atoms with E-state index in [1.54, 1.807) is 12.5 Å². The molecule has 35 heavy (non-hydrogen) atoms. The first-order chi connectivity index (χ1) is 16.5. The van der Waals surface area contributed by atoms with Gasteiger partial charge in [-0.3, -0.25) is 4.79 Å². The Bertz CT molecular complexity index is 852. The highest BCUT2D eigenvalue weighted by Crippen LogP contribution is 2.65. The smallest absolute Gasteiger partial charge is 0.302 e. The SMILES string of the molecule is CC(=O)O[C@@H]1CC[C@@]2(C)[C@H](CC[C@H]3[C@@H]4CCC(C)([C@H](C)[C@@H]5NC[C@@H](C)CC5O)CC(C)=C4C[C@@H]32)C1. The number of fused-ring (bicyclic) bond motifs is 5. The van der Waals surface area contributed by atoms with Gasteiger partial charge in [-0.2, -0.15) is 0 Å². The van der Waals surface area contributed by atoms with Crippen LogP contribution in [0.1, 0.15) is 106 Å². The molecule has 4 nitrogen and oxygen atoms in total. The molecule has 198 valence electrons. The number of aliphatic hydroxyl groups excluding tert-OH is 1. The topological polar surface area (TPSA) is 58.6 Å². The van der Waals surface area contributed by atoms with E-state index in [4.69, 9.17) is 4.74 Å². The van der Waals surface area contributed by atoms with Gasteiger partial charge in [0.05, 0.1) is 6.10 Å². The normalized spacial score (nSPS) is 48.9. The highest BCUT2D eigenvalue weighted by molar-refractivity contribution is 5.66. The van der Waals surface area contributed by atoms with Crippen molar-refractivity contribution in [1.29, 1.82) is 0 Å². The third kappa shape index (κ3) is 4.54. The highest BCUT2D eigenvalue weighted by atomic mass is 16.5. The lowest BCUT2D eigenvalue weighted by Gasteiger charge is -2.54. The molecule has 4 fully saturated rings. The number of carbonyl (C=O) groups excluding carboxylic acids is 1. The minimum Gasteiger partial charge on any atom is -0.463 e. The lowest BCUT2D eigenvalue weighted by molar-refractivity contribution is -0.154. The number of allylic oxidation sites excluding steroid dienone is 2. The Kier molecular flexibility index (Phi) is 6.96. The number of nitrogens with one attached hydrogen (secondary N) is 1. The molecule has 5 aliphatic rings. The molecule has 0 spiro atoms. The van der Waals surface area contributed by atoms with Crippen LogP contribution in [0.25, 0.3) is 0 Å². The molecule has 3 saturated carbocycles. The van der Waals surface area contributed by atoms with E-state index in [0.717, 1.165) is 43.6 Å². The Hall–Kier alpha value is -0.870. The maximum atomic E-state index is 11.6. The molecule has 11 atom stereocenters. The molecule has 1 aliphatic heterocycles. The average Bonchev–Trinajstić information content (AvgIpc) is 3.11. The number of carbonyl (C=O) groups is 1. The van der Waals surface area contributed by atoms with E-state index in [9.17, 15) is 9.90 Å². The summed E-state index contributed by atoms with van der Waals surface area (Å²) in [6.07, 6.45) is 11.9. The third-order valence-corrected chi connectivity index (χ3v) is 12.1. The monoisotopic (exact) mass is 485 g/mol. The lowest BCUT2D eigenvalue weighted by Crippen LogP contribution is -2.54. The first-order valence-corrected chi connectivity index (χ1v) is 14.8. The maximum Gasteiger partial charge on any atom is 0.302 e. The third-order valence-electron chi connectivity index (χ3n) is 12.1. The maximum absolute atomic E-state index is 11.6. The summed E-state index contributed by atoms with van der Waals surface area (Å²) in [6.45, 7) is 14.8. The number of hydrogen-bond donors (Lipinski definition) is 2. The average molecular weight is 486 g/mol. The summed E-state index contributed by atoms with van der Waals surface area (Å²) in [5.74, 6) is 4.04. The lowest BCUT2D eigenvalue weighted by atomic mass is 9.52. The Morgan fingerprint density at radius 1 is 1.14 bits per heavy atom. The van der Waals surface area contributed by atoms with Crippen LogP contribution in [0.3, 0.4) is 0 Å². The van der Waals surface area contributed by atoms with Crippen LogP contribution in [-0.2, 0) is 9.53 Å². The first kappa shape index (κ1) is 25.8. The van der Waals surface area contributed by atoms with Crippen molar-refractivity contribution in [3.8, 4) is 0 Å². The minimum atomic E-state index is -0.219. The van der Waals surface area contributed by atoms with Crippen LogP contribution in [0.5, 0.6) is 0 Å². The van der Waals surface area contributed by atoms with Crippen LogP contribution in [0.15, 0.2) is 11.1 Å². The van der Waals surface area contributed by atoms with Crippen LogP contribution in [0.2, 0.25) is 0 Å². The predicted molar refractivity (Wildman–Crippen MR) is 141 cm³/mol. The predicted octanol–water partition coefficient (Wildman–Crippen LogP) is 6.27. The van der Waals surface area contributed by atoms with Gasteiger partial charge in [-0.25, -0.2) is 0 Å². The molecule has 5 rings (SSSR count). The van der Waals surface area contributed by atoms with E-state index < -0.39 is 0 Å². The number of esters is 1. The van der Waals surface area contributed by atoms with Crippen molar-refractivity contribution in [3.63, 3.8) is 0 Å². The summed E-state index contributed by atoms with van der Waals surface area (Å²) in [5, 5.41) is 14.6. The second-order valence-corrected chi connectivity index (χ2v) is 14.2. The van der Waals surface area contributed by atoms with Gasteiger partial charge in [0.15, 0.2) is 0 Å². The van der Waals surface area contributed by atoms with Crippen LogP contribution in [0.4, 0.5) is 0 Å². The van der Waals surface area contributed by atoms with E-state index in [-0.39, 0.29) is 29.6 Å². The van der Waals surface area contributed by atoms with Crippen LogP contribution < -0.4 is 5.32 Å². The summed E-state index contributed by atoms with van der Waals surface area (Å²) in [6, 6.07) is 0.224. The molecule has 0 amide bonds. The van der Waals surface area contributed by atoms with Crippen LogP contribution in [-0.4, -0.2) is 35.9 Å². The molecule has 4 aliphatic carbocycles. The molecule has 2 unspecified atom stereocenters. The Labute approximate surface area is 214 Å². The van der Waals surface area contributed by atoms with Gasteiger partial charge in [-0.1, -0.05) is 38.8 Å². The number of hydrogen-bond acceptors (Lipinski definition) is 4. The fourth-order valence-electron chi connectivity index (χ4n) is 9.87. The summed E-state index contributed by atoms with van der Waals surface area (Å²) in [5.41, 5.74) is 4.14. The van der Waals surface area contributed by atoms with Gasteiger partial charge in [0.2, 0.25) is 0 Å². The molecule has 0 bridgehead atoms. The second-order valence-electron chi connectivity index (χ2n) is 14.2. The molecule has 1 saturated heterocycles. The summed E-state index contributed by atoms with van der Waals surface area (Å²) in [4.78, 5) is 11.6. The van der Waals surface area contributed by atoms with Crippen LogP contribution in [0, 0.1) is 46.3 Å². The number of piperidine rings is 1. The van der Waals surface area contributed by atoms with Crippen molar-refractivity contribution in [2.75, 3.05) is 6.54 Å². The van der Waals surface area contributed by atoms with Gasteiger partial charge in [-0.05, 0) is 124 Å². The van der Waals surface area contributed by atoms with Crippen molar-refractivity contribution in [2.45, 2.75) is 124 Å². The Morgan fingerprint density at radius 2 is 1.91 bits per heavy atom. The highest BCUT2D eigenvalue weighted by Gasteiger charge is 2.57. The van der Waals surface area contributed by atoms with Gasteiger partial charge >= 0.3 is 5.97 Å². The van der Waals surface area contributed by atoms with E-state index in [0.29, 0.717) is 23.2 Å². The molecule has 0 radical (unpaired) electrons. The van der Waals surface area contributed by atoms with E-state index in [2.05, 4.69) is 39.9 Å². The first-order valence-electron chi connectivity index (χ1n) is 14.8. The van der Waals surface area contributed by atoms with Gasteiger partial charge in [0.25, 0.3) is 0 Å². The Morgan fingerprint density at radius 3 is 2.63 bits per heavy atom. The minimum absolute atomic E-state index is 0.112. The zero-order chi connectivity index (χ0) is 25.1. The van der Waals surface area contributed by atoms with E-state index >= 15 is 0 Å². The van der Waals surface area contributed by atoms with Crippen molar-refractivity contribution in [3.05, 3.63) is 11.1 Å². The van der Waals surface area contributed by atoms with Crippen molar-refractivity contribution in [1.82, 2.24) is 5.32 Å². The van der Waals surface area contributed by atoms with Gasteiger partial charge in [0, 0.05) is 13.0 Å². The molecule has 0 aromatic heterocycles. The van der Waals surface area contributed by atoms with E-state index in [1.165, 1.54) is 44.9 Å². The van der Waals surface area contributed by atoms with Gasteiger partial charge in [0.1, 0.15) is 6.10 Å². The fourth-order valence-corrected chi connectivity index (χ4v) is 9.87. The molecular formula is C31H51NO3. The molecule has 2 N–H and O–H groups in total. The van der Waals surface area contributed by atoms with E-state index in [1.807, 2.05) is 5.57 Å². The number of ether oxygens (including phenoxy) is 1. The zero-order valence-corrected chi connectivity index (χ0v) is 23.2. The standard InChI is InChI=1S/C31H51NO3/c1-18-13-28(34)29(32-17-18)20(3)30(5)11-10-24-25-8-7-22-14-23(35-21(4)33)9-12-31(22,6)27(25)15-26(24)19(2)16-30/h18,20,22-25,27-29,32,34H,7-17H2,1-6H3/t18-,20+,22+,23+,24-,25-,27-,28?,29-,30?,31-/m0/s1. The summed E-state index contributed by atoms with van der Waals surface area (Å²) >= 11 is 0. The zero-order valence-electron chi connectivity index (χ0n) is 23.2. The van der Waals surface area contributed by atoms with Gasteiger partial charge in [-0.15, -0.1) is 0 Å². The van der Waals surface area contributed by atoms with Crippen molar-refractivity contribution >= 4 is 5.97 Å². The summed E-state index contributed by atoms with van der Waals surface area (Å²) < 4.78 is 5.66. The molecule has 1 heterocycles.